The Bertz CT molecular complexity index is 396. The van der Waals surface area contributed by atoms with E-state index in [1.165, 1.54) is 12.0 Å². The quantitative estimate of drug-likeness (QED) is 0.749. The van der Waals surface area contributed by atoms with Crippen molar-refractivity contribution in [1.29, 1.82) is 0 Å². The molecule has 2 rings (SSSR count). The molecule has 0 aliphatic carbocycles. The zero-order valence-electron chi connectivity index (χ0n) is 13.3. The Morgan fingerprint density at radius 1 is 1.15 bits per heavy atom. The molecule has 0 amide bonds. The SMILES string of the molecule is CCCC1OC(c2ccc(C(C)C)cc2)OCC1CC. The molecule has 112 valence electrons. The van der Waals surface area contributed by atoms with Crippen molar-refractivity contribution in [3.63, 3.8) is 0 Å². The monoisotopic (exact) mass is 276 g/mol. The molecule has 0 saturated carbocycles. The Labute approximate surface area is 123 Å². The van der Waals surface area contributed by atoms with Gasteiger partial charge in [0.25, 0.3) is 0 Å². The van der Waals surface area contributed by atoms with Gasteiger partial charge in [0.1, 0.15) is 0 Å². The second-order valence-corrected chi connectivity index (χ2v) is 6.12. The third-order valence-corrected chi connectivity index (χ3v) is 4.26. The molecule has 3 unspecified atom stereocenters. The van der Waals surface area contributed by atoms with Gasteiger partial charge >= 0.3 is 0 Å². The average Bonchev–Trinajstić information content (AvgIpc) is 2.47. The van der Waals surface area contributed by atoms with Gasteiger partial charge in [-0.3, -0.25) is 0 Å². The van der Waals surface area contributed by atoms with Crippen LogP contribution in [0.4, 0.5) is 0 Å². The van der Waals surface area contributed by atoms with Gasteiger partial charge in [-0.25, -0.2) is 0 Å². The van der Waals surface area contributed by atoms with E-state index in [2.05, 4.69) is 52.0 Å². The first-order chi connectivity index (χ1) is 9.65. The molecule has 1 fully saturated rings. The van der Waals surface area contributed by atoms with E-state index >= 15 is 0 Å². The highest BCUT2D eigenvalue weighted by atomic mass is 16.7. The predicted molar refractivity (Wildman–Crippen MR) is 82.8 cm³/mol. The van der Waals surface area contributed by atoms with Gasteiger partial charge < -0.3 is 9.47 Å². The lowest BCUT2D eigenvalue weighted by atomic mass is 9.95. The van der Waals surface area contributed by atoms with Crippen molar-refractivity contribution in [2.45, 2.75) is 65.3 Å². The lowest BCUT2D eigenvalue weighted by Gasteiger charge is -2.36. The number of benzene rings is 1. The van der Waals surface area contributed by atoms with E-state index in [0.29, 0.717) is 17.9 Å². The summed E-state index contributed by atoms with van der Waals surface area (Å²) in [6.07, 6.45) is 3.58. The van der Waals surface area contributed by atoms with E-state index in [0.717, 1.165) is 25.0 Å². The Hall–Kier alpha value is -0.860. The maximum atomic E-state index is 6.19. The van der Waals surface area contributed by atoms with Crippen LogP contribution in [0.3, 0.4) is 0 Å². The maximum absolute atomic E-state index is 6.19. The van der Waals surface area contributed by atoms with E-state index < -0.39 is 0 Å². The predicted octanol–water partition coefficient (Wildman–Crippen LogP) is 5.05. The van der Waals surface area contributed by atoms with Gasteiger partial charge in [-0.2, -0.15) is 0 Å². The van der Waals surface area contributed by atoms with Gasteiger partial charge in [0.2, 0.25) is 0 Å². The van der Waals surface area contributed by atoms with Crippen molar-refractivity contribution in [3.8, 4) is 0 Å². The molecule has 2 nitrogen and oxygen atoms in total. The van der Waals surface area contributed by atoms with Gasteiger partial charge in [-0.1, -0.05) is 58.4 Å². The highest BCUT2D eigenvalue weighted by molar-refractivity contribution is 5.25. The molecular formula is C18H28O2. The molecular weight excluding hydrogens is 248 g/mol. The largest absolute Gasteiger partial charge is 0.348 e. The van der Waals surface area contributed by atoms with E-state index in [9.17, 15) is 0 Å². The first-order valence-corrected chi connectivity index (χ1v) is 8.02. The van der Waals surface area contributed by atoms with Crippen LogP contribution in [-0.2, 0) is 9.47 Å². The first kappa shape index (κ1) is 15.5. The Kier molecular flexibility index (Phi) is 5.62. The minimum atomic E-state index is -0.185. The summed E-state index contributed by atoms with van der Waals surface area (Å²) in [7, 11) is 0. The topological polar surface area (TPSA) is 18.5 Å². The Balaban J connectivity index is 2.05. The molecule has 1 aliphatic heterocycles. The van der Waals surface area contributed by atoms with Crippen molar-refractivity contribution in [1.82, 2.24) is 0 Å². The molecule has 0 bridgehead atoms. The first-order valence-electron chi connectivity index (χ1n) is 8.02. The van der Waals surface area contributed by atoms with Gasteiger partial charge in [-0.05, 0) is 24.3 Å². The van der Waals surface area contributed by atoms with Gasteiger partial charge in [0.05, 0.1) is 12.7 Å². The summed E-state index contributed by atoms with van der Waals surface area (Å²) in [5, 5.41) is 0. The fraction of sp³-hybridized carbons (Fsp3) is 0.667. The molecule has 1 aliphatic rings. The van der Waals surface area contributed by atoms with Gasteiger partial charge in [0, 0.05) is 11.5 Å². The fourth-order valence-electron chi connectivity index (χ4n) is 2.81. The summed E-state index contributed by atoms with van der Waals surface area (Å²) in [5.41, 5.74) is 2.51. The van der Waals surface area contributed by atoms with Crippen LogP contribution in [0.1, 0.15) is 70.3 Å². The highest BCUT2D eigenvalue weighted by Crippen LogP contribution is 2.33. The van der Waals surface area contributed by atoms with Gasteiger partial charge in [-0.15, -0.1) is 0 Å². The molecule has 3 atom stereocenters. The summed E-state index contributed by atoms with van der Waals surface area (Å²) in [6, 6.07) is 8.67. The van der Waals surface area contributed by atoms with Crippen molar-refractivity contribution in [3.05, 3.63) is 35.4 Å². The molecule has 0 aromatic heterocycles. The lowest BCUT2D eigenvalue weighted by Crippen LogP contribution is -2.35. The fourth-order valence-corrected chi connectivity index (χ4v) is 2.81. The summed E-state index contributed by atoms with van der Waals surface area (Å²) in [4.78, 5) is 0. The number of ether oxygens (including phenoxy) is 2. The van der Waals surface area contributed by atoms with Crippen LogP contribution < -0.4 is 0 Å². The van der Waals surface area contributed by atoms with Crippen LogP contribution in [0, 0.1) is 5.92 Å². The normalized spacial score (nSPS) is 26.9. The molecule has 20 heavy (non-hydrogen) atoms. The Morgan fingerprint density at radius 3 is 2.40 bits per heavy atom. The molecule has 0 radical (unpaired) electrons. The second-order valence-electron chi connectivity index (χ2n) is 6.12. The highest BCUT2D eigenvalue weighted by Gasteiger charge is 2.30. The second kappa shape index (κ2) is 7.24. The van der Waals surface area contributed by atoms with E-state index in [1.54, 1.807) is 0 Å². The molecule has 0 spiro atoms. The minimum Gasteiger partial charge on any atom is -0.348 e. The summed E-state index contributed by atoms with van der Waals surface area (Å²) in [6.45, 7) is 9.69. The number of hydrogen-bond donors (Lipinski definition) is 0. The lowest BCUT2D eigenvalue weighted by molar-refractivity contribution is -0.243. The Morgan fingerprint density at radius 2 is 1.85 bits per heavy atom. The third-order valence-electron chi connectivity index (χ3n) is 4.26. The average molecular weight is 276 g/mol. The molecule has 0 N–H and O–H groups in total. The molecule has 1 aromatic carbocycles. The number of rotatable bonds is 5. The van der Waals surface area contributed by atoms with Crippen LogP contribution in [0.2, 0.25) is 0 Å². The zero-order valence-corrected chi connectivity index (χ0v) is 13.3. The molecule has 2 heteroatoms. The summed E-state index contributed by atoms with van der Waals surface area (Å²) >= 11 is 0. The van der Waals surface area contributed by atoms with Crippen molar-refractivity contribution in [2.24, 2.45) is 5.92 Å². The maximum Gasteiger partial charge on any atom is 0.184 e. The van der Waals surface area contributed by atoms with Crippen LogP contribution in [0.25, 0.3) is 0 Å². The summed E-state index contributed by atoms with van der Waals surface area (Å²) < 4.78 is 12.1. The van der Waals surface area contributed by atoms with Crippen LogP contribution in [0.15, 0.2) is 24.3 Å². The van der Waals surface area contributed by atoms with Crippen LogP contribution >= 0.6 is 0 Å². The molecule has 1 heterocycles. The van der Waals surface area contributed by atoms with Crippen molar-refractivity contribution < 1.29 is 9.47 Å². The van der Waals surface area contributed by atoms with E-state index in [1.807, 2.05) is 0 Å². The van der Waals surface area contributed by atoms with E-state index in [-0.39, 0.29) is 6.29 Å². The van der Waals surface area contributed by atoms with Gasteiger partial charge in [0.15, 0.2) is 6.29 Å². The standard InChI is InChI=1S/C18H28O2/c1-5-7-17-14(6-2)12-19-18(20-17)16-10-8-15(9-11-16)13(3)4/h8-11,13-14,17-18H,5-7,12H2,1-4H3. The smallest absolute Gasteiger partial charge is 0.184 e. The van der Waals surface area contributed by atoms with Crippen LogP contribution in [-0.4, -0.2) is 12.7 Å². The minimum absolute atomic E-state index is 0.185. The van der Waals surface area contributed by atoms with Crippen molar-refractivity contribution in [2.75, 3.05) is 6.61 Å². The van der Waals surface area contributed by atoms with Crippen molar-refractivity contribution >= 4 is 0 Å². The molecule has 1 saturated heterocycles. The molecule has 1 aromatic rings. The zero-order chi connectivity index (χ0) is 14.5. The summed E-state index contributed by atoms with van der Waals surface area (Å²) in [5.74, 6) is 1.11. The van der Waals surface area contributed by atoms with Crippen LogP contribution in [0.5, 0.6) is 0 Å². The number of hydrogen-bond acceptors (Lipinski definition) is 2. The third kappa shape index (κ3) is 3.62. The van der Waals surface area contributed by atoms with E-state index in [4.69, 9.17) is 9.47 Å².